The maximum Gasteiger partial charge on any atom is 0.326 e. The Hall–Kier alpha value is -2.12. The molecule has 0 bridgehead atoms. The molecule has 114 valence electrons. The van der Waals surface area contributed by atoms with Crippen molar-refractivity contribution in [3.8, 4) is 0 Å². The SMILES string of the molecule is CCOC(=O)CCC(=O)N[C@H](CC(=O)OCC)C(=O)O. The summed E-state index contributed by atoms with van der Waals surface area (Å²) < 4.78 is 9.24. The van der Waals surface area contributed by atoms with Gasteiger partial charge in [-0.25, -0.2) is 4.79 Å². The minimum atomic E-state index is -1.37. The Morgan fingerprint density at radius 2 is 1.55 bits per heavy atom. The molecule has 0 aliphatic rings. The molecular weight excluding hydrogens is 270 g/mol. The first-order valence-electron chi connectivity index (χ1n) is 6.24. The van der Waals surface area contributed by atoms with Gasteiger partial charge in [0.2, 0.25) is 5.91 Å². The average molecular weight is 289 g/mol. The van der Waals surface area contributed by atoms with Crippen molar-refractivity contribution in [1.29, 1.82) is 0 Å². The minimum absolute atomic E-state index is 0.127. The predicted molar refractivity (Wildman–Crippen MR) is 66.7 cm³/mol. The van der Waals surface area contributed by atoms with Crippen molar-refractivity contribution < 1.29 is 33.8 Å². The molecule has 0 saturated carbocycles. The van der Waals surface area contributed by atoms with E-state index in [4.69, 9.17) is 5.11 Å². The van der Waals surface area contributed by atoms with E-state index < -0.39 is 36.3 Å². The van der Waals surface area contributed by atoms with Crippen molar-refractivity contribution in [3.05, 3.63) is 0 Å². The molecule has 0 rings (SSSR count). The lowest BCUT2D eigenvalue weighted by Gasteiger charge is -2.13. The second kappa shape index (κ2) is 9.76. The quantitative estimate of drug-likeness (QED) is 0.566. The van der Waals surface area contributed by atoms with Crippen LogP contribution < -0.4 is 5.32 Å². The summed E-state index contributed by atoms with van der Waals surface area (Å²) in [5.74, 6) is -3.25. The van der Waals surface area contributed by atoms with E-state index in [9.17, 15) is 19.2 Å². The van der Waals surface area contributed by atoms with Crippen LogP contribution in [-0.4, -0.2) is 48.2 Å². The van der Waals surface area contributed by atoms with Crippen LogP contribution in [0.25, 0.3) is 0 Å². The van der Waals surface area contributed by atoms with Gasteiger partial charge in [-0.3, -0.25) is 14.4 Å². The topological polar surface area (TPSA) is 119 Å². The number of amides is 1. The van der Waals surface area contributed by atoms with Gasteiger partial charge in [0.05, 0.1) is 26.1 Å². The van der Waals surface area contributed by atoms with Gasteiger partial charge < -0.3 is 19.9 Å². The molecule has 8 nitrogen and oxygen atoms in total. The summed E-state index contributed by atoms with van der Waals surface area (Å²) in [6, 6.07) is -1.37. The van der Waals surface area contributed by atoms with E-state index in [0.29, 0.717) is 0 Å². The lowest BCUT2D eigenvalue weighted by Crippen LogP contribution is -2.42. The van der Waals surface area contributed by atoms with Crippen molar-refractivity contribution in [2.75, 3.05) is 13.2 Å². The summed E-state index contributed by atoms with van der Waals surface area (Å²) >= 11 is 0. The Morgan fingerprint density at radius 3 is 2.05 bits per heavy atom. The largest absolute Gasteiger partial charge is 0.480 e. The first kappa shape index (κ1) is 17.9. The second-order valence-electron chi connectivity index (χ2n) is 3.77. The Labute approximate surface area is 116 Å². The van der Waals surface area contributed by atoms with Gasteiger partial charge in [-0.05, 0) is 13.8 Å². The van der Waals surface area contributed by atoms with Crippen molar-refractivity contribution in [3.63, 3.8) is 0 Å². The number of carbonyl (C=O) groups excluding carboxylic acids is 3. The van der Waals surface area contributed by atoms with Gasteiger partial charge in [0.1, 0.15) is 6.04 Å². The molecule has 8 heteroatoms. The number of esters is 2. The number of carboxylic acids is 1. The van der Waals surface area contributed by atoms with Gasteiger partial charge in [0.25, 0.3) is 0 Å². The zero-order valence-electron chi connectivity index (χ0n) is 11.5. The van der Waals surface area contributed by atoms with Gasteiger partial charge in [-0.1, -0.05) is 0 Å². The first-order valence-corrected chi connectivity index (χ1v) is 6.24. The van der Waals surface area contributed by atoms with Gasteiger partial charge in [-0.15, -0.1) is 0 Å². The molecule has 0 heterocycles. The number of carboxylic acid groups (broad SMARTS) is 1. The van der Waals surface area contributed by atoms with Gasteiger partial charge in [0, 0.05) is 6.42 Å². The summed E-state index contributed by atoms with van der Waals surface area (Å²) in [4.78, 5) is 44.6. The number of rotatable bonds is 9. The smallest absolute Gasteiger partial charge is 0.326 e. The van der Waals surface area contributed by atoms with E-state index in [-0.39, 0.29) is 26.1 Å². The van der Waals surface area contributed by atoms with Crippen LogP contribution in [0.2, 0.25) is 0 Å². The average Bonchev–Trinajstić information content (AvgIpc) is 2.36. The van der Waals surface area contributed by atoms with Crippen molar-refractivity contribution in [2.24, 2.45) is 0 Å². The fraction of sp³-hybridized carbons (Fsp3) is 0.667. The highest BCUT2D eigenvalue weighted by atomic mass is 16.5. The maximum absolute atomic E-state index is 11.5. The van der Waals surface area contributed by atoms with Crippen LogP contribution in [0.15, 0.2) is 0 Å². The van der Waals surface area contributed by atoms with E-state index in [2.05, 4.69) is 14.8 Å². The second-order valence-corrected chi connectivity index (χ2v) is 3.77. The van der Waals surface area contributed by atoms with Crippen molar-refractivity contribution in [1.82, 2.24) is 5.32 Å². The fourth-order valence-electron chi connectivity index (χ4n) is 1.30. The number of carbonyl (C=O) groups is 4. The number of hydrogen-bond acceptors (Lipinski definition) is 6. The molecule has 20 heavy (non-hydrogen) atoms. The van der Waals surface area contributed by atoms with E-state index in [1.165, 1.54) is 0 Å². The molecule has 0 spiro atoms. The molecule has 0 aliphatic heterocycles. The zero-order valence-corrected chi connectivity index (χ0v) is 11.5. The van der Waals surface area contributed by atoms with Gasteiger partial charge >= 0.3 is 17.9 Å². The van der Waals surface area contributed by atoms with Crippen LogP contribution >= 0.6 is 0 Å². The molecule has 0 unspecified atom stereocenters. The van der Waals surface area contributed by atoms with Crippen LogP contribution in [0, 0.1) is 0 Å². The molecule has 0 radical (unpaired) electrons. The Morgan fingerprint density at radius 1 is 1.00 bits per heavy atom. The standard InChI is InChI=1S/C12H19NO7/c1-3-19-10(15)6-5-9(14)13-8(12(17)18)7-11(16)20-4-2/h8H,3-7H2,1-2H3,(H,13,14)(H,17,18)/t8-/m1/s1. The predicted octanol–water partition coefficient (Wildman–Crippen LogP) is -0.148. The summed E-state index contributed by atoms with van der Waals surface area (Å²) in [6.45, 7) is 3.56. The molecular formula is C12H19NO7. The van der Waals surface area contributed by atoms with Crippen LogP contribution in [-0.2, 0) is 28.7 Å². The van der Waals surface area contributed by atoms with Crippen LogP contribution in [0.1, 0.15) is 33.1 Å². The molecule has 0 aromatic heterocycles. The van der Waals surface area contributed by atoms with Gasteiger partial charge in [-0.2, -0.15) is 0 Å². The van der Waals surface area contributed by atoms with Gasteiger partial charge in [0.15, 0.2) is 0 Å². The number of aliphatic carboxylic acids is 1. The van der Waals surface area contributed by atoms with E-state index in [1.54, 1.807) is 13.8 Å². The lowest BCUT2D eigenvalue weighted by atomic mass is 10.2. The molecule has 0 aromatic rings. The van der Waals surface area contributed by atoms with Crippen LogP contribution in [0.3, 0.4) is 0 Å². The first-order chi connectivity index (χ1) is 9.40. The van der Waals surface area contributed by atoms with E-state index in [0.717, 1.165) is 0 Å². The summed E-state index contributed by atoms with van der Waals surface area (Å²) in [7, 11) is 0. The molecule has 2 N–H and O–H groups in total. The highest BCUT2D eigenvalue weighted by Crippen LogP contribution is 1.99. The zero-order chi connectivity index (χ0) is 15.5. The van der Waals surface area contributed by atoms with E-state index in [1.807, 2.05) is 0 Å². The number of hydrogen-bond donors (Lipinski definition) is 2. The number of nitrogens with one attached hydrogen (secondary N) is 1. The van der Waals surface area contributed by atoms with Crippen molar-refractivity contribution in [2.45, 2.75) is 39.2 Å². The minimum Gasteiger partial charge on any atom is -0.480 e. The summed E-state index contributed by atoms with van der Waals surface area (Å²) in [6.07, 6.45) is -0.814. The highest BCUT2D eigenvalue weighted by molar-refractivity contribution is 5.88. The molecule has 0 fully saturated rings. The highest BCUT2D eigenvalue weighted by Gasteiger charge is 2.24. The number of ether oxygens (including phenoxy) is 2. The Bertz CT molecular complexity index is 367. The molecule has 1 amide bonds. The fourth-order valence-corrected chi connectivity index (χ4v) is 1.30. The molecule has 0 aliphatic carbocycles. The third-order valence-electron chi connectivity index (χ3n) is 2.17. The molecule has 0 aromatic carbocycles. The molecule has 1 atom stereocenters. The third kappa shape index (κ3) is 8.06. The lowest BCUT2D eigenvalue weighted by molar-refractivity contribution is -0.150. The van der Waals surface area contributed by atoms with E-state index >= 15 is 0 Å². The Balaban J connectivity index is 4.24. The van der Waals surface area contributed by atoms with Crippen LogP contribution in [0.4, 0.5) is 0 Å². The molecule has 0 saturated heterocycles. The normalized spacial score (nSPS) is 11.3. The third-order valence-corrected chi connectivity index (χ3v) is 2.17. The maximum atomic E-state index is 11.5. The van der Waals surface area contributed by atoms with Crippen LogP contribution in [0.5, 0.6) is 0 Å². The summed E-state index contributed by atoms with van der Waals surface area (Å²) in [5.41, 5.74) is 0. The van der Waals surface area contributed by atoms with Crippen molar-refractivity contribution >= 4 is 23.8 Å². The summed E-state index contributed by atoms with van der Waals surface area (Å²) in [5, 5.41) is 11.0. The monoisotopic (exact) mass is 289 g/mol. The Kier molecular flexibility index (Phi) is 8.73.